The normalized spacial score (nSPS) is 25.4. The van der Waals surface area contributed by atoms with E-state index in [-0.39, 0.29) is 24.0 Å². The average Bonchev–Trinajstić information content (AvgIpc) is 3.30. The van der Waals surface area contributed by atoms with Crippen LogP contribution < -0.4 is 5.32 Å². The monoisotopic (exact) mass is 464 g/mol. The summed E-state index contributed by atoms with van der Waals surface area (Å²) in [6.45, 7) is 7.82. The predicted octanol–water partition coefficient (Wildman–Crippen LogP) is 1.71. The van der Waals surface area contributed by atoms with Gasteiger partial charge < -0.3 is 19.7 Å². The van der Waals surface area contributed by atoms with Gasteiger partial charge in [0.05, 0.1) is 6.10 Å². The van der Waals surface area contributed by atoms with Crippen LogP contribution in [-0.4, -0.2) is 87.5 Å². The van der Waals surface area contributed by atoms with Crippen LogP contribution in [0.4, 0.5) is 0 Å². The summed E-state index contributed by atoms with van der Waals surface area (Å²) in [5, 5.41) is 3.50. The standard InChI is InChI=1S/C18H32N4O2.HI/c1-19-18(20-8-4-12-24-17-6-13-23-14-7-17)22-11-5-16(15-22)21-9-2-3-10-21;/h2-3,16-17H,4-15H2,1H3,(H,19,20);1H. The van der Waals surface area contributed by atoms with Crippen LogP contribution in [0, 0.1) is 0 Å². The fraction of sp³-hybridized carbons (Fsp3) is 0.833. The van der Waals surface area contributed by atoms with Gasteiger partial charge in [0.25, 0.3) is 0 Å². The minimum Gasteiger partial charge on any atom is -0.381 e. The predicted molar refractivity (Wildman–Crippen MR) is 112 cm³/mol. The minimum atomic E-state index is 0. The molecule has 3 aliphatic heterocycles. The molecule has 7 heteroatoms. The lowest BCUT2D eigenvalue weighted by molar-refractivity contribution is -0.0320. The van der Waals surface area contributed by atoms with Crippen molar-refractivity contribution < 1.29 is 9.47 Å². The van der Waals surface area contributed by atoms with Crippen molar-refractivity contribution in [3.05, 3.63) is 12.2 Å². The molecule has 0 spiro atoms. The minimum absolute atomic E-state index is 0. The number of hydrogen-bond acceptors (Lipinski definition) is 4. The maximum Gasteiger partial charge on any atom is 0.193 e. The molecular weight excluding hydrogens is 431 g/mol. The van der Waals surface area contributed by atoms with E-state index in [2.05, 4.69) is 32.3 Å². The smallest absolute Gasteiger partial charge is 0.193 e. The lowest BCUT2D eigenvalue weighted by Crippen LogP contribution is -2.43. The summed E-state index contributed by atoms with van der Waals surface area (Å²) in [6.07, 6.45) is 9.26. The molecule has 0 bridgehead atoms. The zero-order valence-corrected chi connectivity index (χ0v) is 17.7. The van der Waals surface area contributed by atoms with E-state index < -0.39 is 0 Å². The van der Waals surface area contributed by atoms with E-state index in [0.717, 1.165) is 77.8 Å². The second-order valence-electron chi connectivity index (χ2n) is 6.82. The second kappa shape index (κ2) is 11.4. The molecule has 25 heavy (non-hydrogen) atoms. The summed E-state index contributed by atoms with van der Waals surface area (Å²) in [5.41, 5.74) is 0. The number of ether oxygens (including phenoxy) is 2. The van der Waals surface area contributed by atoms with Gasteiger partial charge >= 0.3 is 0 Å². The third-order valence-electron chi connectivity index (χ3n) is 5.16. The molecule has 3 heterocycles. The molecule has 0 aliphatic carbocycles. The lowest BCUT2D eigenvalue weighted by atomic mass is 10.1. The molecule has 3 rings (SSSR count). The number of guanidine groups is 1. The number of halogens is 1. The third kappa shape index (κ3) is 6.37. The molecule has 1 N–H and O–H groups in total. The number of rotatable bonds is 6. The Morgan fingerprint density at radius 2 is 2.00 bits per heavy atom. The molecule has 2 saturated heterocycles. The van der Waals surface area contributed by atoms with Gasteiger partial charge in [0, 0.05) is 65.6 Å². The number of likely N-dealkylation sites (tertiary alicyclic amines) is 1. The summed E-state index contributed by atoms with van der Waals surface area (Å²) >= 11 is 0. The van der Waals surface area contributed by atoms with E-state index in [0.29, 0.717) is 12.1 Å². The highest BCUT2D eigenvalue weighted by Gasteiger charge is 2.29. The van der Waals surface area contributed by atoms with Gasteiger partial charge in [-0.2, -0.15) is 0 Å². The van der Waals surface area contributed by atoms with Gasteiger partial charge in [0.2, 0.25) is 0 Å². The Bertz CT molecular complexity index is 433. The Hall–Kier alpha value is -0.380. The quantitative estimate of drug-likeness (QED) is 0.213. The number of hydrogen-bond donors (Lipinski definition) is 1. The van der Waals surface area contributed by atoms with Crippen LogP contribution in [0.25, 0.3) is 0 Å². The SMILES string of the molecule is CN=C(NCCCOC1CCOCC1)N1CCC(N2CC=CC2)C1.I. The molecule has 0 saturated carbocycles. The fourth-order valence-corrected chi connectivity index (χ4v) is 3.72. The first-order valence-corrected chi connectivity index (χ1v) is 9.41. The second-order valence-corrected chi connectivity index (χ2v) is 6.82. The Balaban J connectivity index is 0.00000225. The molecule has 1 atom stereocenters. The van der Waals surface area contributed by atoms with Gasteiger partial charge in [-0.15, -0.1) is 24.0 Å². The highest BCUT2D eigenvalue weighted by Crippen LogP contribution is 2.17. The van der Waals surface area contributed by atoms with E-state index >= 15 is 0 Å². The van der Waals surface area contributed by atoms with E-state index in [1.54, 1.807) is 0 Å². The van der Waals surface area contributed by atoms with Crippen LogP contribution in [0.1, 0.15) is 25.7 Å². The van der Waals surface area contributed by atoms with Crippen LogP contribution in [0.3, 0.4) is 0 Å². The van der Waals surface area contributed by atoms with Gasteiger partial charge in [0.1, 0.15) is 0 Å². The first kappa shape index (κ1) is 20.9. The molecule has 3 aliphatic rings. The molecule has 6 nitrogen and oxygen atoms in total. The van der Waals surface area contributed by atoms with Gasteiger partial charge in [-0.05, 0) is 25.7 Å². The van der Waals surface area contributed by atoms with E-state index in [1.165, 1.54) is 6.42 Å². The molecular formula is C18H33IN4O2. The number of aliphatic imine (C=N–C) groups is 1. The van der Waals surface area contributed by atoms with Gasteiger partial charge in [-0.25, -0.2) is 0 Å². The molecule has 0 aromatic rings. The fourth-order valence-electron chi connectivity index (χ4n) is 3.72. The summed E-state index contributed by atoms with van der Waals surface area (Å²) in [4.78, 5) is 9.40. The largest absolute Gasteiger partial charge is 0.381 e. The third-order valence-corrected chi connectivity index (χ3v) is 5.16. The van der Waals surface area contributed by atoms with Gasteiger partial charge in [0.15, 0.2) is 5.96 Å². The molecule has 2 fully saturated rings. The molecule has 0 aromatic heterocycles. The Labute approximate surface area is 169 Å². The Morgan fingerprint density at radius 1 is 1.24 bits per heavy atom. The Kier molecular flexibility index (Phi) is 9.51. The van der Waals surface area contributed by atoms with Crippen LogP contribution >= 0.6 is 24.0 Å². The van der Waals surface area contributed by atoms with E-state index in [9.17, 15) is 0 Å². The van der Waals surface area contributed by atoms with Crippen LogP contribution in [0.5, 0.6) is 0 Å². The summed E-state index contributed by atoms with van der Waals surface area (Å²) in [7, 11) is 1.88. The van der Waals surface area contributed by atoms with E-state index in [1.807, 2.05) is 7.05 Å². The zero-order valence-electron chi connectivity index (χ0n) is 15.4. The summed E-state index contributed by atoms with van der Waals surface area (Å²) in [6, 6.07) is 0.662. The Morgan fingerprint density at radius 3 is 2.72 bits per heavy atom. The van der Waals surface area contributed by atoms with E-state index in [4.69, 9.17) is 9.47 Å². The average molecular weight is 464 g/mol. The maximum atomic E-state index is 5.92. The molecule has 0 radical (unpaired) electrons. The first-order chi connectivity index (χ1) is 11.9. The van der Waals surface area contributed by atoms with Crippen molar-refractivity contribution in [2.45, 2.75) is 37.8 Å². The highest BCUT2D eigenvalue weighted by molar-refractivity contribution is 14.0. The summed E-state index contributed by atoms with van der Waals surface area (Å²) < 4.78 is 11.3. The van der Waals surface area contributed by atoms with Crippen molar-refractivity contribution in [1.29, 1.82) is 0 Å². The molecule has 0 amide bonds. The van der Waals surface area contributed by atoms with Gasteiger partial charge in [-0.3, -0.25) is 9.89 Å². The number of nitrogens with one attached hydrogen (secondary N) is 1. The van der Waals surface area contributed by atoms with Crippen molar-refractivity contribution in [3.8, 4) is 0 Å². The topological polar surface area (TPSA) is 49.3 Å². The summed E-state index contributed by atoms with van der Waals surface area (Å²) in [5.74, 6) is 1.04. The first-order valence-electron chi connectivity index (χ1n) is 9.41. The molecule has 144 valence electrons. The van der Waals surface area contributed by atoms with Crippen molar-refractivity contribution >= 4 is 29.9 Å². The van der Waals surface area contributed by atoms with Crippen LogP contribution in [0.15, 0.2) is 17.1 Å². The van der Waals surface area contributed by atoms with Crippen molar-refractivity contribution in [3.63, 3.8) is 0 Å². The highest BCUT2D eigenvalue weighted by atomic mass is 127. The lowest BCUT2D eigenvalue weighted by Gasteiger charge is -2.25. The van der Waals surface area contributed by atoms with Crippen molar-refractivity contribution in [1.82, 2.24) is 15.1 Å². The molecule has 1 unspecified atom stereocenters. The zero-order chi connectivity index (χ0) is 16.6. The van der Waals surface area contributed by atoms with Crippen LogP contribution in [0.2, 0.25) is 0 Å². The van der Waals surface area contributed by atoms with Crippen molar-refractivity contribution in [2.75, 3.05) is 59.6 Å². The van der Waals surface area contributed by atoms with Crippen molar-refractivity contribution in [2.24, 2.45) is 4.99 Å². The number of nitrogens with zero attached hydrogens (tertiary/aromatic N) is 3. The molecule has 0 aromatic carbocycles. The van der Waals surface area contributed by atoms with Crippen LogP contribution in [-0.2, 0) is 9.47 Å². The maximum absolute atomic E-state index is 5.92. The van der Waals surface area contributed by atoms with Gasteiger partial charge in [-0.1, -0.05) is 12.2 Å².